The lowest BCUT2D eigenvalue weighted by atomic mass is 9.88. The molecule has 0 aliphatic carbocycles. The van der Waals surface area contributed by atoms with Crippen molar-refractivity contribution in [2.45, 2.75) is 25.6 Å². The van der Waals surface area contributed by atoms with E-state index in [0.717, 1.165) is 36.4 Å². The maximum Gasteiger partial charge on any atom is 0.409 e. The minimum atomic E-state index is -5.84. The Hall–Kier alpha value is -5.32. The fraction of sp³-hybridized carbons (Fsp3) is 0.212. The first-order valence-electron chi connectivity index (χ1n) is 14.2. The van der Waals surface area contributed by atoms with Crippen LogP contribution in [0.25, 0.3) is 0 Å². The molecule has 0 atom stereocenters. The molecule has 0 aliphatic heterocycles. The molecule has 0 bridgehead atoms. The van der Waals surface area contributed by atoms with Gasteiger partial charge in [0, 0.05) is 5.69 Å². The molecule has 16 heteroatoms. The van der Waals surface area contributed by atoms with Crippen LogP contribution in [0, 0.1) is 5.41 Å². The fourth-order valence-corrected chi connectivity index (χ4v) is 4.37. The molecule has 0 aliphatic rings. The van der Waals surface area contributed by atoms with E-state index in [9.17, 15) is 41.0 Å². The van der Waals surface area contributed by atoms with E-state index in [1.165, 1.54) is 36.4 Å². The number of hydrogen-bond donors (Lipinski definition) is 4. The number of nitrogens with one attached hydrogen (secondary N) is 2. The van der Waals surface area contributed by atoms with Crippen LogP contribution in [0.4, 0.5) is 37.7 Å². The Morgan fingerprint density at radius 3 is 1.59 bits per heavy atom. The summed E-state index contributed by atoms with van der Waals surface area (Å²) in [7, 11) is 0. The summed E-state index contributed by atoms with van der Waals surface area (Å²) in [6, 6.07) is 21.6. The molecular weight excluding hydrogens is 666 g/mol. The Balaban J connectivity index is 1.39. The number of alkyl halides is 6. The van der Waals surface area contributed by atoms with E-state index >= 15 is 0 Å². The number of amides is 1. The monoisotopic (exact) mass is 694 g/mol. The highest BCUT2D eigenvalue weighted by Crippen LogP contribution is 2.51. The Morgan fingerprint density at radius 2 is 1.10 bits per heavy atom. The summed E-state index contributed by atoms with van der Waals surface area (Å²) in [6.07, 6.45) is -11.7. The molecule has 0 saturated carbocycles. The first-order valence-corrected chi connectivity index (χ1v) is 14.2. The van der Waals surface area contributed by atoms with Crippen molar-refractivity contribution >= 4 is 23.3 Å². The molecule has 0 aromatic heterocycles. The third-order valence-electron chi connectivity index (χ3n) is 7.18. The molecule has 4 N–H and O–H groups in total. The maximum atomic E-state index is 14.1. The van der Waals surface area contributed by atoms with Crippen LogP contribution in [0.5, 0.6) is 11.5 Å². The Bertz CT molecular complexity index is 1700. The molecule has 0 spiro atoms. The summed E-state index contributed by atoms with van der Waals surface area (Å²) in [6.45, 7) is -3.78. The zero-order valence-electron chi connectivity index (χ0n) is 25.2. The van der Waals surface area contributed by atoms with Crippen molar-refractivity contribution < 1.29 is 65.5 Å². The van der Waals surface area contributed by atoms with Gasteiger partial charge in [-0.1, -0.05) is 36.4 Å². The highest BCUT2D eigenvalue weighted by atomic mass is 19.4. The van der Waals surface area contributed by atoms with Gasteiger partial charge in [-0.3, -0.25) is 20.4 Å². The Labute approximate surface area is 274 Å². The van der Waals surface area contributed by atoms with E-state index in [4.69, 9.17) is 19.6 Å². The quantitative estimate of drug-likeness (QED) is 0.0560. The predicted molar refractivity (Wildman–Crippen MR) is 162 cm³/mol. The molecule has 0 unspecified atom stereocenters. The number of carboxylic acids is 1. The lowest BCUT2D eigenvalue weighted by Gasteiger charge is -2.36. The largest absolute Gasteiger partial charge is 0.492 e. The van der Waals surface area contributed by atoms with Gasteiger partial charge >= 0.3 is 18.3 Å². The molecular formula is C33H28F6N2O8. The molecule has 0 saturated heterocycles. The van der Waals surface area contributed by atoms with Crippen molar-refractivity contribution in [3.8, 4) is 11.5 Å². The van der Waals surface area contributed by atoms with E-state index in [1.54, 1.807) is 24.3 Å². The molecule has 0 heterocycles. The lowest BCUT2D eigenvalue weighted by Crippen LogP contribution is -2.57. The SMILES string of the molecule is O=C(O)c1ccccc1C(=O)Nc1ccc(OCC(COc2ccc(NOCc3ccccc3COO)cc2)(C(F)(F)F)C(F)(F)F)cc1. The standard InChI is InChI=1S/C33H28F6N2O8/c34-32(35,36)31(33(37,38)39,19-46-25-13-9-23(10-14-25)40-29(42)27-7-3-4-8-28(27)30(43)44)20-47-26-15-11-24(12-16-26)41-48-17-21-5-1-2-6-22(21)18-49-45/h1-16,41,45H,17-20H2,(H,40,42)(H,43,44). The van der Waals surface area contributed by atoms with Gasteiger partial charge in [-0.05, 0) is 71.8 Å². The average Bonchev–Trinajstić information content (AvgIpc) is 3.06. The summed E-state index contributed by atoms with van der Waals surface area (Å²) < 4.78 is 94.8. The van der Waals surface area contributed by atoms with Crippen molar-refractivity contribution in [1.82, 2.24) is 0 Å². The smallest absolute Gasteiger partial charge is 0.409 e. The van der Waals surface area contributed by atoms with Gasteiger partial charge in [-0.2, -0.15) is 26.3 Å². The first kappa shape index (κ1) is 36.5. The number of halogens is 6. The highest BCUT2D eigenvalue weighted by molar-refractivity contribution is 6.10. The van der Waals surface area contributed by atoms with Gasteiger partial charge < -0.3 is 19.9 Å². The summed E-state index contributed by atoms with van der Waals surface area (Å²) in [4.78, 5) is 33.5. The van der Waals surface area contributed by atoms with E-state index in [0.29, 0.717) is 16.8 Å². The zero-order valence-corrected chi connectivity index (χ0v) is 25.2. The highest BCUT2D eigenvalue weighted by Gasteiger charge is 2.72. The average molecular weight is 695 g/mol. The molecule has 0 radical (unpaired) electrons. The number of hydrogen-bond acceptors (Lipinski definition) is 8. The van der Waals surface area contributed by atoms with Gasteiger partial charge in [-0.15, -0.1) is 0 Å². The van der Waals surface area contributed by atoms with E-state index in [1.807, 2.05) is 0 Å². The number of carbonyl (C=O) groups is 2. The lowest BCUT2D eigenvalue weighted by molar-refractivity contribution is -0.353. The van der Waals surface area contributed by atoms with Gasteiger partial charge in [-0.25, -0.2) is 9.68 Å². The van der Waals surface area contributed by atoms with Crippen LogP contribution in [-0.4, -0.2) is 47.8 Å². The van der Waals surface area contributed by atoms with E-state index < -0.39 is 42.9 Å². The van der Waals surface area contributed by atoms with Gasteiger partial charge in [0.25, 0.3) is 5.91 Å². The maximum absolute atomic E-state index is 14.1. The van der Waals surface area contributed by atoms with Crippen LogP contribution in [-0.2, 0) is 22.9 Å². The number of rotatable bonds is 15. The third-order valence-corrected chi connectivity index (χ3v) is 7.18. The molecule has 0 fully saturated rings. The number of carbonyl (C=O) groups excluding carboxylic acids is 1. The van der Waals surface area contributed by atoms with Crippen LogP contribution in [0.2, 0.25) is 0 Å². The van der Waals surface area contributed by atoms with Crippen LogP contribution in [0.15, 0.2) is 97.1 Å². The second-order valence-electron chi connectivity index (χ2n) is 10.4. The second-order valence-corrected chi connectivity index (χ2v) is 10.4. The van der Waals surface area contributed by atoms with Crippen LogP contribution < -0.4 is 20.3 Å². The summed E-state index contributed by atoms with van der Waals surface area (Å²) in [5.41, 5.74) is -0.554. The number of anilines is 2. The van der Waals surface area contributed by atoms with Gasteiger partial charge in [0.05, 0.1) is 23.4 Å². The van der Waals surface area contributed by atoms with Crippen molar-refractivity contribution in [2.24, 2.45) is 5.41 Å². The molecule has 49 heavy (non-hydrogen) atoms. The van der Waals surface area contributed by atoms with E-state index in [-0.39, 0.29) is 41.5 Å². The minimum Gasteiger partial charge on any atom is -0.492 e. The number of carboxylic acid groups (broad SMARTS) is 1. The topological polar surface area (TPSA) is 136 Å². The normalized spacial score (nSPS) is 11.9. The van der Waals surface area contributed by atoms with Crippen LogP contribution in [0.3, 0.4) is 0 Å². The molecule has 4 aromatic carbocycles. The van der Waals surface area contributed by atoms with Gasteiger partial charge in [0.2, 0.25) is 5.41 Å². The Morgan fingerprint density at radius 1 is 0.633 bits per heavy atom. The van der Waals surface area contributed by atoms with Crippen LogP contribution >= 0.6 is 0 Å². The summed E-state index contributed by atoms with van der Waals surface area (Å²) in [5.74, 6) is -2.81. The minimum absolute atomic E-state index is 0.0379. The van der Waals surface area contributed by atoms with Crippen molar-refractivity contribution in [1.29, 1.82) is 0 Å². The molecule has 260 valence electrons. The molecule has 4 rings (SSSR count). The van der Waals surface area contributed by atoms with Crippen molar-refractivity contribution in [3.63, 3.8) is 0 Å². The summed E-state index contributed by atoms with van der Waals surface area (Å²) in [5, 5.41) is 20.4. The number of ether oxygens (including phenoxy) is 2. The van der Waals surface area contributed by atoms with Gasteiger partial charge in [0.15, 0.2) is 0 Å². The fourth-order valence-electron chi connectivity index (χ4n) is 4.37. The second kappa shape index (κ2) is 15.7. The van der Waals surface area contributed by atoms with Crippen LogP contribution in [0.1, 0.15) is 31.8 Å². The number of aromatic carboxylic acids is 1. The van der Waals surface area contributed by atoms with Crippen molar-refractivity contribution in [2.75, 3.05) is 24.0 Å². The van der Waals surface area contributed by atoms with E-state index in [2.05, 4.69) is 15.7 Å². The number of benzene rings is 4. The third kappa shape index (κ3) is 9.19. The predicted octanol–water partition coefficient (Wildman–Crippen LogP) is 7.74. The molecule has 1 amide bonds. The van der Waals surface area contributed by atoms with Crippen molar-refractivity contribution in [3.05, 3.63) is 119 Å². The molecule has 10 nitrogen and oxygen atoms in total. The Kier molecular flexibility index (Phi) is 11.7. The summed E-state index contributed by atoms with van der Waals surface area (Å²) >= 11 is 0. The first-order chi connectivity index (χ1) is 23.2. The van der Waals surface area contributed by atoms with Gasteiger partial charge in [0.1, 0.15) is 31.3 Å². The molecule has 4 aromatic rings. The zero-order chi connectivity index (χ0) is 35.7.